The first-order valence-electron chi connectivity index (χ1n) is 9.18. The number of benzene rings is 3. The van der Waals surface area contributed by atoms with Crippen LogP contribution in [0.5, 0.6) is 0 Å². The molecule has 0 aliphatic rings. The van der Waals surface area contributed by atoms with Gasteiger partial charge >= 0.3 is 0 Å². The fourth-order valence-corrected chi connectivity index (χ4v) is 4.13. The molecule has 0 aromatic heterocycles. The molecule has 0 fully saturated rings. The summed E-state index contributed by atoms with van der Waals surface area (Å²) in [6.45, 7) is 2.73. The first kappa shape index (κ1) is 20.9. The Morgan fingerprint density at radius 1 is 0.931 bits per heavy atom. The minimum atomic E-state index is -3.87. The van der Waals surface area contributed by atoms with Crippen LogP contribution in [0.4, 0.5) is 0 Å². The summed E-state index contributed by atoms with van der Waals surface area (Å²) in [5.74, 6) is -0.215. The Morgan fingerprint density at radius 2 is 1.55 bits per heavy atom. The van der Waals surface area contributed by atoms with E-state index in [-0.39, 0.29) is 17.2 Å². The van der Waals surface area contributed by atoms with E-state index in [4.69, 9.17) is 0 Å². The molecule has 3 aromatic rings. The number of carbonyl (C=O) groups is 1. The molecule has 0 bridgehead atoms. The normalized spacial score (nSPS) is 13.6. The van der Waals surface area contributed by atoms with Gasteiger partial charge in [-0.25, -0.2) is 13.1 Å². The summed E-state index contributed by atoms with van der Waals surface area (Å²) in [5.41, 5.74) is 1.57. The Bertz CT molecular complexity index is 1110. The predicted molar refractivity (Wildman–Crippen MR) is 113 cm³/mol. The number of sulfonamides is 1. The van der Waals surface area contributed by atoms with Crippen LogP contribution in [0.15, 0.2) is 83.8 Å². The quantitative estimate of drug-likeness (QED) is 0.582. The Hall–Kier alpha value is -2.80. The Kier molecular flexibility index (Phi) is 5.98. The van der Waals surface area contributed by atoms with Crippen molar-refractivity contribution in [3.8, 4) is 11.1 Å². The van der Waals surface area contributed by atoms with Crippen molar-refractivity contribution in [1.29, 1.82) is 0 Å². The summed E-state index contributed by atoms with van der Waals surface area (Å²) in [4.78, 5) is 11.5. The van der Waals surface area contributed by atoms with Gasteiger partial charge in [0.15, 0.2) is 5.78 Å². The lowest BCUT2D eigenvalue weighted by molar-refractivity contribution is 0.0627. The van der Waals surface area contributed by atoms with Crippen molar-refractivity contribution < 1.29 is 18.3 Å². The fraction of sp³-hybridized carbons (Fsp3) is 0.174. The lowest BCUT2D eigenvalue weighted by Crippen LogP contribution is -2.38. The van der Waals surface area contributed by atoms with Gasteiger partial charge in [-0.1, -0.05) is 66.7 Å². The second kappa shape index (κ2) is 8.29. The van der Waals surface area contributed by atoms with Crippen LogP contribution in [0.3, 0.4) is 0 Å². The van der Waals surface area contributed by atoms with Gasteiger partial charge in [-0.05, 0) is 42.7 Å². The maximum Gasteiger partial charge on any atom is 0.240 e. The monoisotopic (exact) mass is 409 g/mol. The van der Waals surface area contributed by atoms with Crippen LogP contribution in [-0.2, 0) is 15.6 Å². The van der Waals surface area contributed by atoms with Crippen LogP contribution in [0.2, 0.25) is 0 Å². The van der Waals surface area contributed by atoms with Gasteiger partial charge in [0.2, 0.25) is 10.0 Å². The van der Waals surface area contributed by atoms with Crippen LogP contribution in [0, 0.1) is 0 Å². The molecule has 0 amide bonds. The van der Waals surface area contributed by atoms with Crippen LogP contribution in [0.1, 0.15) is 29.8 Å². The number of Topliss-reactive ketones (excluding diaryl/α,β-unsaturated/α-hetero) is 1. The van der Waals surface area contributed by atoms with Crippen molar-refractivity contribution in [1.82, 2.24) is 4.72 Å². The van der Waals surface area contributed by atoms with Gasteiger partial charge in [0.1, 0.15) is 5.60 Å². The molecule has 0 saturated carbocycles. The number of hydrogen-bond donors (Lipinski definition) is 2. The standard InChI is InChI=1S/C23H23NO4S/c1-17(25)20-9-6-10-22(15-20)29(27,28)24-16-23(2,26)21-13-11-19(12-14-21)18-7-4-3-5-8-18/h3-15,24,26H,16H2,1-2H3. The zero-order valence-electron chi connectivity index (χ0n) is 16.3. The summed E-state index contributed by atoms with van der Waals surface area (Å²) >= 11 is 0. The van der Waals surface area contributed by atoms with E-state index in [1.807, 2.05) is 42.5 Å². The zero-order chi connectivity index (χ0) is 21.1. The van der Waals surface area contributed by atoms with E-state index in [9.17, 15) is 18.3 Å². The highest BCUT2D eigenvalue weighted by Gasteiger charge is 2.26. The lowest BCUT2D eigenvalue weighted by Gasteiger charge is -2.24. The average molecular weight is 410 g/mol. The Morgan fingerprint density at radius 3 is 2.17 bits per heavy atom. The largest absolute Gasteiger partial charge is 0.384 e. The van der Waals surface area contributed by atoms with Crippen molar-refractivity contribution in [2.75, 3.05) is 6.54 Å². The number of rotatable bonds is 7. The fourth-order valence-electron chi connectivity index (χ4n) is 2.96. The van der Waals surface area contributed by atoms with Gasteiger partial charge < -0.3 is 5.11 Å². The molecule has 0 heterocycles. The highest BCUT2D eigenvalue weighted by molar-refractivity contribution is 7.89. The minimum Gasteiger partial charge on any atom is -0.384 e. The van der Waals surface area contributed by atoms with Crippen LogP contribution in [0.25, 0.3) is 11.1 Å². The molecule has 0 radical (unpaired) electrons. The molecule has 3 rings (SSSR count). The van der Waals surface area contributed by atoms with E-state index in [0.29, 0.717) is 11.1 Å². The molecule has 29 heavy (non-hydrogen) atoms. The van der Waals surface area contributed by atoms with E-state index in [1.165, 1.54) is 25.1 Å². The van der Waals surface area contributed by atoms with E-state index in [0.717, 1.165) is 11.1 Å². The van der Waals surface area contributed by atoms with Crippen molar-refractivity contribution in [2.24, 2.45) is 0 Å². The summed E-state index contributed by atoms with van der Waals surface area (Å²) in [7, 11) is -3.87. The average Bonchev–Trinajstić information content (AvgIpc) is 2.73. The van der Waals surface area contributed by atoms with Crippen molar-refractivity contribution in [2.45, 2.75) is 24.3 Å². The van der Waals surface area contributed by atoms with Gasteiger partial charge in [0, 0.05) is 12.1 Å². The molecule has 0 spiro atoms. The molecular formula is C23H23NO4S. The maximum atomic E-state index is 12.6. The first-order valence-corrected chi connectivity index (χ1v) is 10.7. The molecule has 0 aliphatic heterocycles. The van der Waals surface area contributed by atoms with Crippen LogP contribution in [-0.4, -0.2) is 25.9 Å². The van der Waals surface area contributed by atoms with E-state index >= 15 is 0 Å². The van der Waals surface area contributed by atoms with Crippen LogP contribution < -0.4 is 4.72 Å². The third kappa shape index (κ3) is 4.98. The third-order valence-corrected chi connectivity index (χ3v) is 6.17. The zero-order valence-corrected chi connectivity index (χ0v) is 17.1. The van der Waals surface area contributed by atoms with Crippen molar-refractivity contribution in [3.63, 3.8) is 0 Å². The molecule has 150 valence electrons. The van der Waals surface area contributed by atoms with Gasteiger partial charge in [-0.15, -0.1) is 0 Å². The predicted octanol–water partition coefficient (Wildman–Crippen LogP) is 3.74. The number of ketones is 1. The second-order valence-corrected chi connectivity index (χ2v) is 8.89. The maximum absolute atomic E-state index is 12.6. The number of carbonyl (C=O) groups excluding carboxylic acids is 1. The van der Waals surface area contributed by atoms with Crippen molar-refractivity contribution in [3.05, 3.63) is 90.0 Å². The molecule has 1 unspecified atom stereocenters. The van der Waals surface area contributed by atoms with E-state index in [1.54, 1.807) is 25.1 Å². The summed E-state index contributed by atoms with van der Waals surface area (Å²) in [6.07, 6.45) is 0. The Labute approximate surface area is 171 Å². The molecule has 3 aromatic carbocycles. The number of aliphatic hydroxyl groups is 1. The van der Waals surface area contributed by atoms with Crippen LogP contribution >= 0.6 is 0 Å². The van der Waals surface area contributed by atoms with E-state index < -0.39 is 15.6 Å². The first-order chi connectivity index (χ1) is 13.7. The topological polar surface area (TPSA) is 83.5 Å². The van der Waals surface area contributed by atoms with Gasteiger partial charge in [0.05, 0.1) is 4.90 Å². The van der Waals surface area contributed by atoms with E-state index in [2.05, 4.69) is 4.72 Å². The molecule has 0 saturated heterocycles. The molecule has 5 nitrogen and oxygen atoms in total. The summed E-state index contributed by atoms with van der Waals surface area (Å²) < 4.78 is 27.6. The number of hydrogen-bond acceptors (Lipinski definition) is 4. The molecule has 1 atom stereocenters. The van der Waals surface area contributed by atoms with Crippen molar-refractivity contribution >= 4 is 15.8 Å². The second-order valence-electron chi connectivity index (χ2n) is 7.13. The molecule has 0 aliphatic carbocycles. The molecular weight excluding hydrogens is 386 g/mol. The molecule has 2 N–H and O–H groups in total. The highest BCUT2D eigenvalue weighted by Crippen LogP contribution is 2.25. The highest BCUT2D eigenvalue weighted by atomic mass is 32.2. The summed E-state index contributed by atoms with van der Waals surface area (Å²) in [6, 6.07) is 23.0. The Balaban J connectivity index is 1.75. The van der Waals surface area contributed by atoms with Gasteiger partial charge in [-0.3, -0.25) is 4.79 Å². The van der Waals surface area contributed by atoms with Gasteiger partial charge in [-0.2, -0.15) is 0 Å². The lowest BCUT2D eigenvalue weighted by atomic mass is 9.94. The third-order valence-electron chi connectivity index (χ3n) is 4.77. The SMILES string of the molecule is CC(=O)c1cccc(S(=O)(=O)NCC(C)(O)c2ccc(-c3ccccc3)cc2)c1. The number of nitrogens with one attached hydrogen (secondary N) is 1. The summed E-state index contributed by atoms with van der Waals surface area (Å²) in [5, 5.41) is 10.8. The smallest absolute Gasteiger partial charge is 0.240 e. The molecule has 6 heteroatoms. The van der Waals surface area contributed by atoms with Gasteiger partial charge in [0.25, 0.3) is 0 Å². The minimum absolute atomic E-state index is 0.0135.